The SMILES string of the molecule is CCC1(CC)CC(NC2CCCCCC2C#N)CCO1. The van der Waals surface area contributed by atoms with Gasteiger partial charge in [0.05, 0.1) is 17.6 Å². The fourth-order valence-corrected chi connectivity index (χ4v) is 3.88. The molecular weight excluding hydrogens is 248 g/mol. The van der Waals surface area contributed by atoms with Crippen LogP contribution in [-0.4, -0.2) is 24.3 Å². The van der Waals surface area contributed by atoms with E-state index < -0.39 is 0 Å². The minimum absolute atomic E-state index is 0.0722. The molecule has 2 rings (SSSR count). The van der Waals surface area contributed by atoms with Gasteiger partial charge in [0.2, 0.25) is 0 Å². The van der Waals surface area contributed by atoms with Gasteiger partial charge in [-0.1, -0.05) is 33.1 Å². The average molecular weight is 278 g/mol. The van der Waals surface area contributed by atoms with E-state index >= 15 is 0 Å². The molecule has 0 aromatic heterocycles. The number of ether oxygens (including phenoxy) is 1. The maximum Gasteiger partial charge on any atom is 0.0692 e. The lowest BCUT2D eigenvalue weighted by atomic mass is 9.84. The van der Waals surface area contributed by atoms with E-state index in [1.807, 2.05) is 0 Å². The number of rotatable bonds is 4. The van der Waals surface area contributed by atoms with Gasteiger partial charge in [0.1, 0.15) is 0 Å². The average Bonchev–Trinajstić information content (AvgIpc) is 2.72. The topological polar surface area (TPSA) is 45.0 Å². The molecule has 0 amide bonds. The van der Waals surface area contributed by atoms with Gasteiger partial charge in [0.25, 0.3) is 0 Å². The molecule has 1 saturated heterocycles. The van der Waals surface area contributed by atoms with Crippen molar-refractivity contribution < 1.29 is 4.74 Å². The van der Waals surface area contributed by atoms with Crippen molar-refractivity contribution in [3.63, 3.8) is 0 Å². The Labute approximate surface area is 124 Å². The summed E-state index contributed by atoms with van der Waals surface area (Å²) in [7, 11) is 0. The van der Waals surface area contributed by atoms with Crippen LogP contribution < -0.4 is 5.32 Å². The minimum atomic E-state index is 0.0722. The maximum atomic E-state index is 9.40. The van der Waals surface area contributed by atoms with E-state index in [0.29, 0.717) is 12.1 Å². The van der Waals surface area contributed by atoms with Gasteiger partial charge in [-0.05, 0) is 38.5 Å². The summed E-state index contributed by atoms with van der Waals surface area (Å²) in [6, 6.07) is 3.47. The molecule has 3 unspecified atom stereocenters. The van der Waals surface area contributed by atoms with E-state index in [9.17, 15) is 5.26 Å². The molecule has 114 valence electrons. The molecule has 0 aromatic carbocycles. The number of hydrogen-bond donors (Lipinski definition) is 1. The van der Waals surface area contributed by atoms with Crippen LogP contribution in [0.1, 0.15) is 71.6 Å². The Kier molecular flexibility index (Phi) is 5.86. The maximum absolute atomic E-state index is 9.40. The molecule has 0 spiro atoms. The number of hydrogen-bond acceptors (Lipinski definition) is 3. The fourth-order valence-electron chi connectivity index (χ4n) is 3.88. The number of nitriles is 1. The number of nitrogens with zero attached hydrogens (tertiary/aromatic N) is 1. The lowest BCUT2D eigenvalue weighted by Crippen LogP contribution is -2.50. The molecule has 1 N–H and O–H groups in total. The molecule has 3 nitrogen and oxygen atoms in total. The molecule has 1 aliphatic carbocycles. The fraction of sp³-hybridized carbons (Fsp3) is 0.941. The highest BCUT2D eigenvalue weighted by Gasteiger charge is 2.36. The zero-order valence-electron chi connectivity index (χ0n) is 13.2. The first-order valence-corrected chi connectivity index (χ1v) is 8.52. The van der Waals surface area contributed by atoms with Gasteiger partial charge in [-0.15, -0.1) is 0 Å². The van der Waals surface area contributed by atoms with Gasteiger partial charge in [-0.2, -0.15) is 5.26 Å². The summed E-state index contributed by atoms with van der Waals surface area (Å²) in [6.07, 6.45) is 10.4. The Morgan fingerprint density at radius 1 is 1.15 bits per heavy atom. The van der Waals surface area contributed by atoms with E-state index in [4.69, 9.17) is 4.74 Å². The Morgan fingerprint density at radius 2 is 1.90 bits per heavy atom. The molecule has 0 radical (unpaired) electrons. The van der Waals surface area contributed by atoms with E-state index in [1.165, 1.54) is 25.7 Å². The summed E-state index contributed by atoms with van der Waals surface area (Å²) in [5, 5.41) is 13.2. The van der Waals surface area contributed by atoms with Crippen LogP contribution in [0.25, 0.3) is 0 Å². The molecule has 20 heavy (non-hydrogen) atoms. The first-order valence-electron chi connectivity index (χ1n) is 8.52. The van der Waals surface area contributed by atoms with Gasteiger partial charge in [0.15, 0.2) is 0 Å². The molecule has 0 aromatic rings. The van der Waals surface area contributed by atoms with Crippen molar-refractivity contribution in [2.24, 2.45) is 5.92 Å². The molecule has 3 heteroatoms. The molecule has 0 bridgehead atoms. The van der Waals surface area contributed by atoms with Crippen LogP contribution in [0.15, 0.2) is 0 Å². The smallest absolute Gasteiger partial charge is 0.0692 e. The van der Waals surface area contributed by atoms with E-state index in [-0.39, 0.29) is 11.5 Å². The van der Waals surface area contributed by atoms with Crippen molar-refractivity contribution >= 4 is 0 Å². The van der Waals surface area contributed by atoms with Crippen molar-refractivity contribution in [1.82, 2.24) is 5.32 Å². The van der Waals surface area contributed by atoms with Crippen molar-refractivity contribution in [2.75, 3.05) is 6.61 Å². The first kappa shape index (κ1) is 15.8. The molecular formula is C17H30N2O. The molecule has 1 heterocycles. The Hall–Kier alpha value is -0.590. The second-order valence-electron chi connectivity index (χ2n) is 6.58. The normalized spacial score (nSPS) is 34.1. The molecule has 1 aliphatic heterocycles. The van der Waals surface area contributed by atoms with Crippen molar-refractivity contribution in [1.29, 1.82) is 5.26 Å². The van der Waals surface area contributed by atoms with Crippen molar-refractivity contribution in [3.05, 3.63) is 0 Å². The van der Waals surface area contributed by atoms with Gasteiger partial charge >= 0.3 is 0 Å². The summed E-state index contributed by atoms with van der Waals surface area (Å²) >= 11 is 0. The highest BCUT2D eigenvalue weighted by atomic mass is 16.5. The highest BCUT2D eigenvalue weighted by Crippen LogP contribution is 2.32. The van der Waals surface area contributed by atoms with E-state index in [2.05, 4.69) is 25.2 Å². The van der Waals surface area contributed by atoms with Crippen LogP contribution in [0.2, 0.25) is 0 Å². The third-order valence-electron chi connectivity index (χ3n) is 5.41. The predicted molar refractivity (Wildman–Crippen MR) is 81.4 cm³/mol. The minimum Gasteiger partial charge on any atom is -0.375 e. The second kappa shape index (κ2) is 7.43. The second-order valence-corrected chi connectivity index (χ2v) is 6.58. The zero-order valence-corrected chi connectivity index (χ0v) is 13.2. The Bertz CT molecular complexity index is 332. The predicted octanol–water partition coefficient (Wildman–Crippen LogP) is 3.79. The largest absolute Gasteiger partial charge is 0.375 e. The van der Waals surface area contributed by atoms with Gasteiger partial charge in [-0.25, -0.2) is 0 Å². The van der Waals surface area contributed by atoms with Crippen LogP contribution in [-0.2, 0) is 4.74 Å². The molecule has 2 fully saturated rings. The van der Waals surface area contributed by atoms with Crippen LogP contribution in [0, 0.1) is 17.2 Å². The molecule has 2 aliphatic rings. The van der Waals surface area contributed by atoms with Crippen LogP contribution in [0.5, 0.6) is 0 Å². The summed E-state index contributed by atoms with van der Waals surface area (Å²) in [5.74, 6) is 0.206. The van der Waals surface area contributed by atoms with Gasteiger partial charge < -0.3 is 10.1 Å². The lowest BCUT2D eigenvalue weighted by molar-refractivity contribution is -0.0945. The molecule has 3 atom stereocenters. The summed E-state index contributed by atoms with van der Waals surface area (Å²) in [6.45, 7) is 5.33. The van der Waals surface area contributed by atoms with Gasteiger partial charge in [0, 0.05) is 18.7 Å². The van der Waals surface area contributed by atoms with E-state index in [0.717, 1.165) is 38.7 Å². The summed E-state index contributed by atoms with van der Waals surface area (Å²) in [5.41, 5.74) is 0.0722. The summed E-state index contributed by atoms with van der Waals surface area (Å²) < 4.78 is 6.06. The third kappa shape index (κ3) is 3.74. The quantitative estimate of drug-likeness (QED) is 0.796. The monoisotopic (exact) mass is 278 g/mol. The highest BCUT2D eigenvalue weighted by molar-refractivity contribution is 4.97. The Balaban J connectivity index is 1.95. The third-order valence-corrected chi connectivity index (χ3v) is 5.41. The first-order chi connectivity index (χ1) is 9.73. The standard InChI is InChI=1S/C17H30N2O/c1-3-17(4-2)12-15(10-11-20-17)19-16-9-7-5-6-8-14(16)13-18/h14-16,19H,3-12H2,1-2H3. The van der Waals surface area contributed by atoms with Crippen LogP contribution >= 0.6 is 0 Å². The van der Waals surface area contributed by atoms with Crippen LogP contribution in [0.4, 0.5) is 0 Å². The van der Waals surface area contributed by atoms with E-state index in [1.54, 1.807) is 0 Å². The van der Waals surface area contributed by atoms with Crippen molar-refractivity contribution in [3.8, 4) is 6.07 Å². The summed E-state index contributed by atoms with van der Waals surface area (Å²) in [4.78, 5) is 0. The van der Waals surface area contributed by atoms with Crippen molar-refractivity contribution in [2.45, 2.75) is 89.3 Å². The molecule has 1 saturated carbocycles. The Morgan fingerprint density at radius 3 is 2.60 bits per heavy atom. The zero-order chi connectivity index (χ0) is 14.4. The lowest BCUT2D eigenvalue weighted by Gasteiger charge is -2.41. The van der Waals surface area contributed by atoms with Gasteiger partial charge in [-0.3, -0.25) is 0 Å². The van der Waals surface area contributed by atoms with Crippen LogP contribution in [0.3, 0.4) is 0 Å². The number of nitrogens with one attached hydrogen (secondary N) is 1.